The van der Waals surface area contributed by atoms with Crippen LogP contribution in [0, 0.1) is 17.3 Å². The topological polar surface area (TPSA) is 78.3 Å². The molecule has 0 radical (unpaired) electrons. The minimum atomic E-state index is -0.378. The zero-order chi connectivity index (χ0) is 20.2. The molecule has 154 valence electrons. The SMILES string of the molecule is COc1ccc(OC)c(NC(=O)C23C[C@@H]4C[C@@H](C2)CC(n2cnc(Br)n2)(C4)C3)c1. The highest BCUT2D eigenvalue weighted by atomic mass is 79.9. The van der Waals surface area contributed by atoms with Gasteiger partial charge in [-0.15, -0.1) is 5.10 Å². The predicted octanol–water partition coefficient (Wildman–Crippen LogP) is 3.99. The van der Waals surface area contributed by atoms with Crippen LogP contribution in [0.2, 0.25) is 0 Å². The lowest BCUT2D eigenvalue weighted by Crippen LogP contribution is -2.60. The van der Waals surface area contributed by atoms with E-state index in [2.05, 4.69) is 31.3 Å². The molecule has 4 aliphatic carbocycles. The van der Waals surface area contributed by atoms with Crippen molar-refractivity contribution in [2.24, 2.45) is 17.3 Å². The van der Waals surface area contributed by atoms with Crippen molar-refractivity contribution in [3.8, 4) is 11.5 Å². The number of methoxy groups -OCH3 is 2. The minimum absolute atomic E-state index is 0.0849. The smallest absolute Gasteiger partial charge is 0.230 e. The average Bonchev–Trinajstić information content (AvgIpc) is 3.14. The molecule has 4 bridgehead atoms. The number of hydrogen-bond acceptors (Lipinski definition) is 5. The lowest BCUT2D eigenvalue weighted by atomic mass is 9.46. The molecular formula is C21H25BrN4O3. The molecule has 0 spiro atoms. The van der Waals surface area contributed by atoms with Gasteiger partial charge in [-0.2, -0.15) is 0 Å². The molecule has 1 N–H and O–H groups in total. The number of rotatable bonds is 5. The number of nitrogens with zero attached hydrogens (tertiary/aromatic N) is 3. The van der Waals surface area contributed by atoms with Crippen molar-refractivity contribution in [3.05, 3.63) is 29.3 Å². The molecule has 4 aliphatic rings. The van der Waals surface area contributed by atoms with Gasteiger partial charge in [-0.25, -0.2) is 9.67 Å². The van der Waals surface area contributed by atoms with Gasteiger partial charge < -0.3 is 14.8 Å². The molecule has 1 heterocycles. The highest BCUT2D eigenvalue weighted by molar-refractivity contribution is 9.10. The molecular weight excluding hydrogens is 436 g/mol. The number of ether oxygens (including phenoxy) is 2. The van der Waals surface area contributed by atoms with Crippen LogP contribution in [0.4, 0.5) is 5.69 Å². The third-order valence-corrected chi connectivity index (χ3v) is 7.48. The number of benzene rings is 1. The molecule has 1 aromatic carbocycles. The van der Waals surface area contributed by atoms with Gasteiger partial charge >= 0.3 is 0 Å². The first-order valence-electron chi connectivity index (χ1n) is 10.1. The summed E-state index contributed by atoms with van der Waals surface area (Å²) >= 11 is 3.38. The van der Waals surface area contributed by atoms with Crippen molar-refractivity contribution >= 4 is 27.5 Å². The lowest BCUT2D eigenvalue weighted by molar-refractivity contribution is -0.150. The van der Waals surface area contributed by atoms with E-state index in [1.807, 2.05) is 29.2 Å². The third kappa shape index (κ3) is 3.03. The zero-order valence-electron chi connectivity index (χ0n) is 16.7. The first kappa shape index (κ1) is 18.9. The maximum atomic E-state index is 13.7. The Morgan fingerprint density at radius 1 is 1.21 bits per heavy atom. The van der Waals surface area contributed by atoms with Crippen LogP contribution < -0.4 is 14.8 Å². The van der Waals surface area contributed by atoms with E-state index in [1.54, 1.807) is 14.2 Å². The van der Waals surface area contributed by atoms with Crippen molar-refractivity contribution in [2.75, 3.05) is 19.5 Å². The number of halogens is 1. The van der Waals surface area contributed by atoms with E-state index < -0.39 is 0 Å². The summed E-state index contributed by atoms with van der Waals surface area (Å²) in [6.07, 6.45) is 7.88. The van der Waals surface area contributed by atoms with E-state index in [0.717, 1.165) is 32.1 Å². The standard InChI is InChI=1S/C21H25BrN4O3/c1-28-15-3-4-17(29-2)16(6-15)24-18(27)20-7-13-5-14(8-20)10-21(9-13,11-20)26-12-23-19(22)25-26/h3-4,6,12-14H,5,7-11H2,1-2H3,(H,24,27)/t13-,14-,20?,21?/m0/s1. The van der Waals surface area contributed by atoms with Gasteiger partial charge in [0.05, 0.1) is 30.9 Å². The van der Waals surface area contributed by atoms with Crippen LogP contribution in [0.25, 0.3) is 0 Å². The molecule has 4 saturated carbocycles. The second-order valence-corrected chi connectivity index (χ2v) is 9.65. The van der Waals surface area contributed by atoms with E-state index in [9.17, 15) is 4.79 Å². The molecule has 4 fully saturated rings. The van der Waals surface area contributed by atoms with Crippen molar-refractivity contribution in [3.63, 3.8) is 0 Å². The lowest BCUT2D eigenvalue weighted by Gasteiger charge is -2.60. The van der Waals surface area contributed by atoms with Gasteiger partial charge in [0.2, 0.25) is 10.6 Å². The monoisotopic (exact) mass is 460 g/mol. The molecule has 0 saturated heterocycles. The third-order valence-electron chi connectivity index (χ3n) is 7.12. The van der Waals surface area contributed by atoms with Crippen LogP contribution >= 0.6 is 15.9 Å². The number of hydrogen-bond donors (Lipinski definition) is 1. The molecule has 2 atom stereocenters. The number of nitrogens with one attached hydrogen (secondary N) is 1. The van der Waals surface area contributed by atoms with Crippen LogP contribution in [-0.4, -0.2) is 34.9 Å². The van der Waals surface area contributed by atoms with E-state index in [-0.39, 0.29) is 16.9 Å². The Morgan fingerprint density at radius 3 is 2.59 bits per heavy atom. The number of carbonyl (C=O) groups is 1. The summed E-state index contributed by atoms with van der Waals surface area (Å²) in [7, 11) is 3.23. The van der Waals surface area contributed by atoms with E-state index in [1.165, 1.54) is 6.42 Å². The fourth-order valence-electron chi connectivity index (χ4n) is 6.39. The van der Waals surface area contributed by atoms with Crippen molar-refractivity contribution < 1.29 is 14.3 Å². The fraction of sp³-hybridized carbons (Fsp3) is 0.571. The Morgan fingerprint density at radius 2 is 1.97 bits per heavy atom. The summed E-state index contributed by atoms with van der Waals surface area (Å²) < 4.78 is 13.4. The maximum absolute atomic E-state index is 13.7. The number of aromatic nitrogens is 3. The van der Waals surface area contributed by atoms with Gasteiger partial charge in [-0.05, 0) is 78.4 Å². The second kappa shape index (κ2) is 6.72. The Bertz CT molecular complexity index is 945. The van der Waals surface area contributed by atoms with Crippen LogP contribution in [-0.2, 0) is 10.3 Å². The summed E-state index contributed by atoms with van der Waals surface area (Å²) in [5.41, 5.74) is 0.167. The Kier molecular flexibility index (Phi) is 4.38. The van der Waals surface area contributed by atoms with Gasteiger partial charge in [0.15, 0.2) is 0 Å². The van der Waals surface area contributed by atoms with Crippen LogP contribution in [0.15, 0.2) is 29.3 Å². The van der Waals surface area contributed by atoms with Gasteiger partial charge in [-0.3, -0.25) is 4.79 Å². The molecule has 1 amide bonds. The highest BCUT2D eigenvalue weighted by Crippen LogP contribution is 2.64. The molecule has 6 rings (SSSR count). The maximum Gasteiger partial charge on any atom is 0.230 e. The molecule has 8 heteroatoms. The van der Waals surface area contributed by atoms with Gasteiger partial charge in [0.1, 0.15) is 17.8 Å². The quantitative estimate of drug-likeness (QED) is 0.729. The first-order valence-corrected chi connectivity index (χ1v) is 10.9. The Balaban J connectivity index is 1.47. The average molecular weight is 461 g/mol. The van der Waals surface area contributed by atoms with E-state index >= 15 is 0 Å². The normalized spacial score (nSPS) is 32.2. The first-order chi connectivity index (χ1) is 13.9. The summed E-state index contributed by atoms with van der Waals surface area (Å²) in [4.78, 5) is 17.9. The highest BCUT2D eigenvalue weighted by Gasteiger charge is 2.61. The minimum Gasteiger partial charge on any atom is -0.497 e. The molecule has 29 heavy (non-hydrogen) atoms. The Labute approximate surface area is 178 Å². The Hall–Kier alpha value is -2.09. The number of carbonyl (C=O) groups excluding carboxylic acids is 1. The predicted molar refractivity (Wildman–Crippen MR) is 111 cm³/mol. The van der Waals surface area contributed by atoms with Crippen molar-refractivity contribution in [2.45, 2.75) is 44.1 Å². The second-order valence-electron chi connectivity index (χ2n) is 8.94. The largest absolute Gasteiger partial charge is 0.497 e. The number of amides is 1. The van der Waals surface area contributed by atoms with Gasteiger partial charge in [0, 0.05) is 6.07 Å². The number of anilines is 1. The summed E-state index contributed by atoms with van der Waals surface area (Å²) in [5.74, 6) is 2.52. The molecule has 0 aliphatic heterocycles. The molecule has 1 aromatic heterocycles. The molecule has 2 aromatic rings. The fourth-order valence-corrected chi connectivity index (χ4v) is 6.65. The zero-order valence-corrected chi connectivity index (χ0v) is 18.2. The van der Waals surface area contributed by atoms with E-state index in [4.69, 9.17) is 9.47 Å². The van der Waals surface area contributed by atoms with Crippen molar-refractivity contribution in [1.29, 1.82) is 0 Å². The van der Waals surface area contributed by atoms with Crippen molar-refractivity contribution in [1.82, 2.24) is 14.8 Å². The summed E-state index contributed by atoms with van der Waals surface area (Å²) in [6.45, 7) is 0. The summed E-state index contributed by atoms with van der Waals surface area (Å²) in [6, 6.07) is 5.47. The van der Waals surface area contributed by atoms with Gasteiger partial charge in [0.25, 0.3) is 0 Å². The molecule has 7 nitrogen and oxygen atoms in total. The van der Waals surface area contributed by atoms with Crippen LogP contribution in [0.5, 0.6) is 11.5 Å². The molecule has 0 unspecified atom stereocenters. The summed E-state index contributed by atoms with van der Waals surface area (Å²) in [5, 5.41) is 7.75. The van der Waals surface area contributed by atoms with Crippen LogP contribution in [0.1, 0.15) is 38.5 Å². The van der Waals surface area contributed by atoms with Crippen LogP contribution in [0.3, 0.4) is 0 Å². The van der Waals surface area contributed by atoms with Gasteiger partial charge in [-0.1, -0.05) is 0 Å². The van der Waals surface area contributed by atoms with E-state index in [0.29, 0.717) is 33.8 Å².